The van der Waals surface area contributed by atoms with E-state index in [9.17, 15) is 0 Å². The van der Waals surface area contributed by atoms with Crippen molar-refractivity contribution in [3.05, 3.63) is 34.3 Å². The Hall–Kier alpha value is -0.780. The van der Waals surface area contributed by atoms with Crippen LogP contribution < -0.4 is 5.32 Å². The van der Waals surface area contributed by atoms with Crippen molar-refractivity contribution < 1.29 is 0 Å². The molecular formula is C15H20BrN. The molecule has 0 aliphatic heterocycles. The topological polar surface area (TPSA) is 12.0 Å². The summed E-state index contributed by atoms with van der Waals surface area (Å²) in [5.74, 6) is 6.38. The van der Waals surface area contributed by atoms with E-state index in [1.54, 1.807) is 0 Å². The fraction of sp³-hybridized carbons (Fsp3) is 0.467. The molecule has 0 saturated carbocycles. The monoisotopic (exact) mass is 293 g/mol. The first-order chi connectivity index (χ1) is 7.88. The second kappa shape index (κ2) is 6.23. The van der Waals surface area contributed by atoms with E-state index in [0.717, 1.165) is 11.0 Å². The van der Waals surface area contributed by atoms with Crippen molar-refractivity contribution >= 4 is 15.9 Å². The number of halogens is 1. The highest BCUT2D eigenvalue weighted by molar-refractivity contribution is 9.10. The van der Waals surface area contributed by atoms with Gasteiger partial charge in [-0.15, -0.1) is 0 Å². The molecule has 0 heterocycles. The van der Waals surface area contributed by atoms with E-state index in [2.05, 4.69) is 85.0 Å². The van der Waals surface area contributed by atoms with Crippen LogP contribution in [0.4, 0.5) is 0 Å². The quantitative estimate of drug-likeness (QED) is 0.826. The molecule has 0 amide bonds. The predicted molar refractivity (Wildman–Crippen MR) is 77.8 cm³/mol. The van der Waals surface area contributed by atoms with Gasteiger partial charge in [-0.2, -0.15) is 0 Å². The SMILES string of the molecule is CC(NCC#CC(C)(C)C)c1ccc(Br)cc1. The van der Waals surface area contributed by atoms with E-state index >= 15 is 0 Å². The summed E-state index contributed by atoms with van der Waals surface area (Å²) in [7, 11) is 0. The molecule has 1 nitrogen and oxygen atoms in total. The molecule has 0 bridgehead atoms. The largest absolute Gasteiger partial charge is 0.300 e. The smallest absolute Gasteiger partial charge is 0.0581 e. The number of hydrogen-bond donors (Lipinski definition) is 1. The van der Waals surface area contributed by atoms with Crippen LogP contribution in [0.15, 0.2) is 28.7 Å². The first-order valence-corrected chi connectivity index (χ1v) is 6.67. The lowest BCUT2D eigenvalue weighted by atomic mass is 9.98. The van der Waals surface area contributed by atoms with Crippen LogP contribution in [0.1, 0.15) is 39.3 Å². The third-order valence-corrected chi connectivity index (χ3v) is 2.86. The summed E-state index contributed by atoms with van der Waals surface area (Å²) in [6.07, 6.45) is 0. The predicted octanol–water partition coefficient (Wildman–Crippen LogP) is 4.15. The molecule has 1 rings (SSSR count). The van der Waals surface area contributed by atoms with E-state index in [-0.39, 0.29) is 5.41 Å². The van der Waals surface area contributed by atoms with Crippen LogP contribution in [0.25, 0.3) is 0 Å². The molecule has 0 aliphatic carbocycles. The van der Waals surface area contributed by atoms with Crippen LogP contribution in [-0.4, -0.2) is 6.54 Å². The lowest BCUT2D eigenvalue weighted by molar-refractivity contribution is 0.568. The molecule has 1 aromatic carbocycles. The Balaban J connectivity index is 2.47. The van der Waals surface area contributed by atoms with Crippen LogP contribution in [0, 0.1) is 17.3 Å². The molecule has 1 aromatic rings. The highest BCUT2D eigenvalue weighted by Crippen LogP contribution is 2.16. The summed E-state index contributed by atoms with van der Waals surface area (Å²) in [5, 5.41) is 3.40. The Bertz CT molecular complexity index is 403. The Morgan fingerprint density at radius 1 is 1.24 bits per heavy atom. The van der Waals surface area contributed by atoms with Crippen molar-refractivity contribution in [2.24, 2.45) is 5.41 Å². The summed E-state index contributed by atoms with van der Waals surface area (Å²) in [6, 6.07) is 8.71. The van der Waals surface area contributed by atoms with Crippen molar-refractivity contribution in [1.29, 1.82) is 0 Å². The summed E-state index contributed by atoms with van der Waals surface area (Å²) in [6.45, 7) is 9.25. The van der Waals surface area contributed by atoms with Gasteiger partial charge in [-0.25, -0.2) is 0 Å². The Labute approximate surface area is 113 Å². The van der Waals surface area contributed by atoms with Gasteiger partial charge in [0, 0.05) is 15.9 Å². The van der Waals surface area contributed by atoms with E-state index < -0.39 is 0 Å². The molecule has 1 N–H and O–H groups in total. The first kappa shape index (κ1) is 14.3. The minimum absolute atomic E-state index is 0.0858. The molecule has 0 saturated heterocycles. The zero-order valence-electron chi connectivity index (χ0n) is 11.0. The van der Waals surface area contributed by atoms with Gasteiger partial charge >= 0.3 is 0 Å². The van der Waals surface area contributed by atoms with E-state index in [4.69, 9.17) is 0 Å². The van der Waals surface area contributed by atoms with Crippen LogP contribution in [0.5, 0.6) is 0 Å². The third kappa shape index (κ3) is 5.91. The van der Waals surface area contributed by atoms with Crippen molar-refractivity contribution in [3.63, 3.8) is 0 Å². The number of hydrogen-bond acceptors (Lipinski definition) is 1. The van der Waals surface area contributed by atoms with Crippen LogP contribution >= 0.6 is 15.9 Å². The molecule has 0 spiro atoms. The van der Waals surface area contributed by atoms with E-state index in [1.807, 2.05) is 0 Å². The highest BCUT2D eigenvalue weighted by atomic mass is 79.9. The fourth-order valence-electron chi connectivity index (χ4n) is 1.38. The average Bonchev–Trinajstić information content (AvgIpc) is 2.24. The van der Waals surface area contributed by atoms with E-state index in [0.29, 0.717) is 6.04 Å². The zero-order chi connectivity index (χ0) is 12.9. The standard InChI is InChI=1S/C15H20BrN/c1-12(13-6-8-14(16)9-7-13)17-11-5-10-15(2,3)4/h6-9,12,17H,11H2,1-4H3. The second-order valence-corrected chi connectivity index (χ2v) is 6.12. The second-order valence-electron chi connectivity index (χ2n) is 5.21. The Kier molecular flexibility index (Phi) is 5.24. The maximum absolute atomic E-state index is 3.44. The van der Waals surface area contributed by atoms with Crippen molar-refractivity contribution in [3.8, 4) is 11.8 Å². The van der Waals surface area contributed by atoms with Gasteiger partial charge in [0.2, 0.25) is 0 Å². The first-order valence-electron chi connectivity index (χ1n) is 5.87. The summed E-state index contributed by atoms with van der Waals surface area (Å²) >= 11 is 3.44. The summed E-state index contributed by atoms with van der Waals surface area (Å²) in [4.78, 5) is 0. The Morgan fingerprint density at radius 3 is 2.35 bits per heavy atom. The molecule has 1 unspecified atom stereocenters. The maximum Gasteiger partial charge on any atom is 0.0581 e. The molecular weight excluding hydrogens is 274 g/mol. The van der Waals surface area contributed by atoms with Gasteiger partial charge in [-0.3, -0.25) is 5.32 Å². The summed E-state index contributed by atoms with van der Waals surface area (Å²) in [5.41, 5.74) is 1.37. The molecule has 0 fully saturated rings. The fourth-order valence-corrected chi connectivity index (χ4v) is 1.65. The molecule has 0 aromatic heterocycles. The van der Waals surface area contributed by atoms with Gasteiger partial charge in [0.15, 0.2) is 0 Å². The van der Waals surface area contributed by atoms with Gasteiger partial charge in [0.1, 0.15) is 0 Å². The van der Waals surface area contributed by atoms with Gasteiger partial charge in [-0.1, -0.05) is 39.9 Å². The van der Waals surface area contributed by atoms with Crippen LogP contribution in [0.2, 0.25) is 0 Å². The molecule has 0 radical (unpaired) electrons. The number of nitrogens with one attached hydrogen (secondary N) is 1. The van der Waals surface area contributed by atoms with Gasteiger partial charge < -0.3 is 0 Å². The van der Waals surface area contributed by atoms with Crippen LogP contribution in [-0.2, 0) is 0 Å². The lowest BCUT2D eigenvalue weighted by Gasteiger charge is -2.12. The molecule has 0 aliphatic rings. The lowest BCUT2D eigenvalue weighted by Crippen LogP contribution is -2.19. The van der Waals surface area contributed by atoms with Gasteiger partial charge in [0.05, 0.1) is 6.54 Å². The van der Waals surface area contributed by atoms with Crippen LogP contribution in [0.3, 0.4) is 0 Å². The molecule has 92 valence electrons. The number of rotatable bonds is 3. The highest BCUT2D eigenvalue weighted by Gasteiger charge is 2.04. The van der Waals surface area contributed by atoms with Crippen molar-refractivity contribution in [2.75, 3.05) is 6.54 Å². The normalized spacial score (nSPS) is 12.8. The van der Waals surface area contributed by atoms with Crippen molar-refractivity contribution in [1.82, 2.24) is 5.32 Å². The van der Waals surface area contributed by atoms with Gasteiger partial charge in [0.25, 0.3) is 0 Å². The van der Waals surface area contributed by atoms with E-state index in [1.165, 1.54) is 5.56 Å². The maximum atomic E-state index is 3.44. The Morgan fingerprint density at radius 2 is 1.82 bits per heavy atom. The summed E-state index contributed by atoms with van der Waals surface area (Å²) < 4.78 is 1.11. The molecule has 17 heavy (non-hydrogen) atoms. The zero-order valence-corrected chi connectivity index (χ0v) is 12.6. The molecule has 2 heteroatoms. The minimum atomic E-state index is 0.0858. The molecule has 1 atom stereocenters. The average molecular weight is 294 g/mol. The minimum Gasteiger partial charge on any atom is -0.300 e. The van der Waals surface area contributed by atoms with Crippen molar-refractivity contribution in [2.45, 2.75) is 33.7 Å². The van der Waals surface area contributed by atoms with Gasteiger partial charge in [-0.05, 0) is 45.4 Å². The number of benzene rings is 1. The third-order valence-electron chi connectivity index (χ3n) is 2.33.